The average Bonchev–Trinajstić information content (AvgIpc) is 3.04. The molecule has 34 heavy (non-hydrogen) atoms. The third-order valence-electron chi connectivity index (χ3n) is 7.29. The van der Waals surface area contributed by atoms with E-state index in [2.05, 4.69) is 10.3 Å². The molecule has 2 aromatic carbocycles. The molecule has 3 saturated carbocycles. The zero-order valence-electron chi connectivity index (χ0n) is 18.8. The molecule has 0 amide bonds. The highest BCUT2D eigenvalue weighted by atomic mass is 35.5. The predicted octanol–water partition coefficient (Wildman–Crippen LogP) is 4.34. The Morgan fingerprint density at radius 2 is 1.76 bits per heavy atom. The van der Waals surface area contributed by atoms with Crippen molar-refractivity contribution in [3.8, 4) is 0 Å². The quantitative estimate of drug-likeness (QED) is 0.564. The Hall–Kier alpha value is -2.13. The van der Waals surface area contributed by atoms with Gasteiger partial charge in [0.1, 0.15) is 5.84 Å². The summed E-state index contributed by atoms with van der Waals surface area (Å²) in [4.78, 5) is 16.4. The van der Waals surface area contributed by atoms with Crippen LogP contribution >= 0.6 is 23.2 Å². The summed E-state index contributed by atoms with van der Waals surface area (Å²) >= 11 is 12.3. The fourth-order valence-electron chi connectivity index (χ4n) is 5.61. The summed E-state index contributed by atoms with van der Waals surface area (Å²) in [5, 5.41) is 13.6. The van der Waals surface area contributed by atoms with E-state index in [1.165, 1.54) is 0 Å². The SMILES string of the molecule is CC1(C)NC(C23CC(N(Cc4ccc(Cl)c(Cl)c4)S(=O)(=O)c4ccccc4)(C2)C3)=N[C@H]1C(=O)O. The molecule has 0 saturated heterocycles. The number of hydrogen-bond donors (Lipinski definition) is 2. The highest BCUT2D eigenvalue weighted by Crippen LogP contribution is 2.71. The summed E-state index contributed by atoms with van der Waals surface area (Å²) in [5.74, 6) is -0.292. The standard InChI is InChI=1S/C24H25Cl2N3O4S/c1-22(2)19(20(30)31)27-21(28-22)23-12-24(13-23,14-23)29(11-15-8-9-17(25)18(26)10-15)34(32,33)16-6-4-3-5-7-16/h3-10,19H,11-14H2,1-2H3,(H,27,28)(H,30,31)/t19-,23?,24?/m0/s1. The molecule has 0 unspecified atom stereocenters. The highest BCUT2D eigenvalue weighted by Gasteiger charge is 2.75. The number of benzene rings is 2. The second kappa shape index (κ2) is 7.68. The van der Waals surface area contributed by atoms with Gasteiger partial charge in [0.05, 0.1) is 20.5 Å². The van der Waals surface area contributed by atoms with Gasteiger partial charge in [-0.1, -0.05) is 47.5 Å². The fourth-order valence-corrected chi connectivity index (χ4v) is 7.71. The van der Waals surface area contributed by atoms with Crippen LogP contribution in [0.1, 0.15) is 38.7 Å². The molecular weight excluding hydrogens is 497 g/mol. The summed E-state index contributed by atoms with van der Waals surface area (Å²) < 4.78 is 29.1. The van der Waals surface area contributed by atoms with Gasteiger partial charge in [-0.2, -0.15) is 4.31 Å². The minimum atomic E-state index is -3.80. The van der Waals surface area contributed by atoms with Gasteiger partial charge in [-0.15, -0.1) is 0 Å². The molecule has 1 aliphatic heterocycles. The zero-order valence-corrected chi connectivity index (χ0v) is 21.1. The first-order valence-electron chi connectivity index (χ1n) is 11.0. The molecule has 3 aliphatic carbocycles. The van der Waals surface area contributed by atoms with E-state index in [0.717, 1.165) is 5.56 Å². The first-order valence-corrected chi connectivity index (χ1v) is 13.2. The van der Waals surface area contributed by atoms with E-state index in [4.69, 9.17) is 23.2 Å². The molecular formula is C24H25Cl2N3O4S. The Balaban J connectivity index is 1.46. The first kappa shape index (κ1) is 23.6. The summed E-state index contributed by atoms with van der Waals surface area (Å²) in [6, 6.07) is 12.7. The molecule has 7 nitrogen and oxygen atoms in total. The maximum absolute atomic E-state index is 13.8. The molecule has 2 bridgehead atoms. The van der Waals surface area contributed by atoms with Gasteiger partial charge in [-0.05, 0) is 62.9 Å². The number of nitrogens with zero attached hydrogens (tertiary/aromatic N) is 2. The molecule has 0 radical (unpaired) electrons. The van der Waals surface area contributed by atoms with Crippen LogP contribution in [0.5, 0.6) is 0 Å². The molecule has 3 fully saturated rings. The number of rotatable bonds is 7. The van der Waals surface area contributed by atoms with E-state index < -0.39 is 33.1 Å². The van der Waals surface area contributed by atoms with Gasteiger partial charge in [0.15, 0.2) is 6.04 Å². The van der Waals surface area contributed by atoms with Crippen LogP contribution in [0.2, 0.25) is 10.0 Å². The van der Waals surface area contributed by atoms with E-state index in [0.29, 0.717) is 35.1 Å². The van der Waals surface area contributed by atoms with Crippen LogP contribution in [0.3, 0.4) is 0 Å². The monoisotopic (exact) mass is 521 g/mol. The Morgan fingerprint density at radius 1 is 1.12 bits per heavy atom. The Labute approximate surface area is 208 Å². The van der Waals surface area contributed by atoms with E-state index in [1.54, 1.807) is 52.8 Å². The minimum Gasteiger partial charge on any atom is -0.480 e. The van der Waals surface area contributed by atoms with Crippen LogP contribution < -0.4 is 5.32 Å². The summed E-state index contributed by atoms with van der Waals surface area (Å²) in [6.07, 6.45) is 1.75. The number of carbonyl (C=O) groups is 1. The van der Waals surface area contributed by atoms with Gasteiger partial charge < -0.3 is 10.4 Å². The number of aliphatic imine (C=N–C) groups is 1. The molecule has 10 heteroatoms. The molecule has 1 heterocycles. The van der Waals surface area contributed by atoms with Gasteiger partial charge >= 0.3 is 5.97 Å². The molecule has 2 N–H and O–H groups in total. The fraction of sp³-hybridized carbons (Fsp3) is 0.417. The maximum Gasteiger partial charge on any atom is 0.330 e. The predicted molar refractivity (Wildman–Crippen MR) is 131 cm³/mol. The van der Waals surface area contributed by atoms with E-state index >= 15 is 0 Å². The topological polar surface area (TPSA) is 99.1 Å². The largest absolute Gasteiger partial charge is 0.480 e. The lowest BCUT2D eigenvalue weighted by Crippen LogP contribution is -2.78. The van der Waals surface area contributed by atoms with Crippen LogP contribution in [0.15, 0.2) is 58.4 Å². The number of carboxylic acids is 1. The molecule has 0 spiro atoms. The van der Waals surface area contributed by atoms with Gasteiger partial charge in [0.2, 0.25) is 10.0 Å². The summed E-state index contributed by atoms with van der Waals surface area (Å²) in [6.45, 7) is 3.80. The lowest BCUT2D eigenvalue weighted by atomic mass is 9.38. The van der Waals surface area contributed by atoms with Crippen LogP contribution in [0.25, 0.3) is 0 Å². The summed E-state index contributed by atoms with van der Waals surface area (Å²) in [7, 11) is -3.80. The van der Waals surface area contributed by atoms with Crippen molar-refractivity contribution >= 4 is 45.0 Å². The molecule has 1 atom stereocenters. The Bertz CT molecular complexity index is 1290. The van der Waals surface area contributed by atoms with E-state index in [1.807, 2.05) is 13.8 Å². The van der Waals surface area contributed by atoms with Crippen LogP contribution in [-0.2, 0) is 21.4 Å². The van der Waals surface area contributed by atoms with Crippen molar-refractivity contribution in [2.24, 2.45) is 10.4 Å². The molecule has 180 valence electrons. The zero-order chi connectivity index (χ0) is 24.5. The van der Waals surface area contributed by atoms with Crippen molar-refractivity contribution in [1.29, 1.82) is 0 Å². The number of sulfonamides is 1. The van der Waals surface area contributed by atoms with Crippen LogP contribution in [0.4, 0.5) is 0 Å². The van der Waals surface area contributed by atoms with Crippen LogP contribution in [-0.4, -0.2) is 46.8 Å². The lowest BCUT2D eigenvalue weighted by Gasteiger charge is -2.73. The average molecular weight is 522 g/mol. The van der Waals surface area contributed by atoms with Crippen molar-refractivity contribution in [2.45, 2.75) is 61.7 Å². The van der Waals surface area contributed by atoms with Crippen molar-refractivity contribution in [1.82, 2.24) is 9.62 Å². The van der Waals surface area contributed by atoms with Crippen molar-refractivity contribution in [3.63, 3.8) is 0 Å². The summed E-state index contributed by atoms with van der Waals surface area (Å²) in [5.41, 5.74) is -0.823. The number of nitrogens with one attached hydrogen (secondary N) is 1. The minimum absolute atomic E-state index is 0.160. The van der Waals surface area contributed by atoms with Gasteiger partial charge in [-0.3, -0.25) is 4.99 Å². The number of hydrogen-bond acceptors (Lipinski definition) is 5. The molecule has 2 aromatic rings. The van der Waals surface area contributed by atoms with E-state index in [-0.39, 0.29) is 16.9 Å². The third-order valence-corrected chi connectivity index (χ3v) is 9.99. The second-order valence-electron chi connectivity index (χ2n) is 10.2. The first-order chi connectivity index (χ1) is 15.9. The van der Waals surface area contributed by atoms with Gasteiger partial charge in [0.25, 0.3) is 0 Å². The number of amidine groups is 1. The Kier molecular flexibility index (Phi) is 5.33. The number of aliphatic carboxylic acids is 1. The van der Waals surface area contributed by atoms with Crippen molar-refractivity contribution in [2.75, 3.05) is 0 Å². The second-order valence-corrected chi connectivity index (χ2v) is 12.9. The normalized spacial score (nSPS) is 29.1. The van der Waals surface area contributed by atoms with E-state index in [9.17, 15) is 18.3 Å². The molecule has 6 rings (SSSR count). The number of halogens is 2. The molecule has 0 aromatic heterocycles. The maximum atomic E-state index is 13.8. The highest BCUT2D eigenvalue weighted by molar-refractivity contribution is 7.89. The molecule has 4 aliphatic rings. The lowest BCUT2D eigenvalue weighted by molar-refractivity contribution is -0.151. The Morgan fingerprint density at radius 3 is 2.32 bits per heavy atom. The van der Waals surface area contributed by atoms with Crippen LogP contribution in [0, 0.1) is 5.41 Å². The third kappa shape index (κ3) is 3.54. The van der Waals surface area contributed by atoms with Crippen molar-refractivity contribution in [3.05, 3.63) is 64.1 Å². The number of carboxylic acid groups (broad SMARTS) is 1. The van der Waals surface area contributed by atoms with Gasteiger partial charge in [-0.25, -0.2) is 13.2 Å². The van der Waals surface area contributed by atoms with Gasteiger partial charge in [0, 0.05) is 17.5 Å². The van der Waals surface area contributed by atoms with Crippen molar-refractivity contribution < 1.29 is 18.3 Å². The smallest absolute Gasteiger partial charge is 0.330 e.